The van der Waals surface area contributed by atoms with Gasteiger partial charge in [0.1, 0.15) is 5.75 Å². The molecule has 278 valence electrons. The summed E-state index contributed by atoms with van der Waals surface area (Å²) in [4.78, 5) is 31.7. The number of rotatable bonds is 22. The van der Waals surface area contributed by atoms with Crippen LogP contribution in [-0.2, 0) is 20.7 Å². The van der Waals surface area contributed by atoms with Crippen LogP contribution in [0, 0.1) is 0 Å². The maximum absolute atomic E-state index is 12.8. The monoisotopic (exact) mass is 737 g/mol. The van der Waals surface area contributed by atoms with Crippen molar-refractivity contribution in [1.82, 2.24) is 4.90 Å². The first-order chi connectivity index (χ1) is 25.0. The zero-order valence-electron chi connectivity index (χ0n) is 30.5. The highest BCUT2D eigenvalue weighted by Gasteiger charge is 2.26. The summed E-state index contributed by atoms with van der Waals surface area (Å²) >= 11 is 12.6. The number of halogens is 2. The van der Waals surface area contributed by atoms with E-state index in [-0.39, 0.29) is 18.6 Å². The van der Waals surface area contributed by atoms with Crippen molar-refractivity contribution in [3.63, 3.8) is 0 Å². The van der Waals surface area contributed by atoms with Gasteiger partial charge in [0, 0.05) is 45.1 Å². The SMILES string of the molecule is CCC=CCC=CCC=CCCCCCCCC(=O)OCN1C(=O)CCc2ccc(OCCCCN3CCN(c4cccc(Cl)c4Cl)CC3)cc21. The van der Waals surface area contributed by atoms with E-state index in [0.717, 1.165) is 113 Å². The van der Waals surface area contributed by atoms with Gasteiger partial charge in [0.05, 0.1) is 28.0 Å². The summed E-state index contributed by atoms with van der Waals surface area (Å²) in [5, 5.41) is 1.22. The molecule has 0 aromatic heterocycles. The number of fused-ring (bicyclic) bond motifs is 1. The van der Waals surface area contributed by atoms with Crippen LogP contribution in [0.15, 0.2) is 72.9 Å². The average Bonchev–Trinajstić information content (AvgIpc) is 3.14. The number of piperazine rings is 1. The van der Waals surface area contributed by atoms with Gasteiger partial charge in [-0.2, -0.15) is 0 Å². The normalized spacial score (nSPS) is 15.4. The van der Waals surface area contributed by atoms with E-state index in [1.165, 1.54) is 12.8 Å². The zero-order valence-corrected chi connectivity index (χ0v) is 32.0. The molecule has 1 saturated heterocycles. The maximum atomic E-state index is 12.8. The molecule has 2 aliphatic rings. The molecule has 0 radical (unpaired) electrons. The van der Waals surface area contributed by atoms with Crippen molar-refractivity contribution in [1.29, 1.82) is 0 Å². The topological polar surface area (TPSA) is 62.3 Å². The van der Waals surface area contributed by atoms with Crippen molar-refractivity contribution in [2.45, 2.75) is 96.8 Å². The van der Waals surface area contributed by atoms with E-state index in [2.05, 4.69) is 53.2 Å². The van der Waals surface area contributed by atoms with Crippen LogP contribution < -0.4 is 14.5 Å². The molecule has 2 aromatic carbocycles. The molecule has 2 aromatic rings. The smallest absolute Gasteiger partial charge is 0.307 e. The molecule has 4 rings (SSSR count). The van der Waals surface area contributed by atoms with Crippen LogP contribution in [0.2, 0.25) is 10.0 Å². The number of ether oxygens (including phenoxy) is 2. The van der Waals surface area contributed by atoms with Crippen LogP contribution >= 0.6 is 23.2 Å². The highest BCUT2D eigenvalue weighted by molar-refractivity contribution is 6.43. The molecular weight excluding hydrogens is 681 g/mol. The first-order valence-electron chi connectivity index (χ1n) is 19.0. The van der Waals surface area contributed by atoms with E-state index >= 15 is 0 Å². The van der Waals surface area contributed by atoms with Gasteiger partial charge in [0.25, 0.3) is 0 Å². The molecule has 51 heavy (non-hydrogen) atoms. The Bertz CT molecular complexity index is 1450. The Labute approximate surface area is 316 Å². The largest absolute Gasteiger partial charge is 0.494 e. The average molecular weight is 739 g/mol. The Morgan fingerprint density at radius 2 is 1.55 bits per heavy atom. The number of benzene rings is 2. The van der Waals surface area contributed by atoms with Crippen molar-refractivity contribution >= 4 is 46.5 Å². The number of allylic oxidation sites excluding steroid dienone is 6. The van der Waals surface area contributed by atoms with Crippen LogP contribution in [0.1, 0.15) is 96.0 Å². The second-order valence-electron chi connectivity index (χ2n) is 13.3. The molecule has 1 fully saturated rings. The van der Waals surface area contributed by atoms with Crippen molar-refractivity contribution < 1.29 is 19.1 Å². The summed E-state index contributed by atoms with van der Waals surface area (Å²) in [5.41, 5.74) is 2.86. The fraction of sp³-hybridized carbons (Fsp3) is 0.524. The minimum Gasteiger partial charge on any atom is -0.494 e. The predicted molar refractivity (Wildman–Crippen MR) is 212 cm³/mol. The molecule has 7 nitrogen and oxygen atoms in total. The lowest BCUT2D eigenvalue weighted by Gasteiger charge is -2.36. The molecule has 2 heterocycles. The van der Waals surface area contributed by atoms with Crippen molar-refractivity contribution in [3.05, 3.63) is 88.5 Å². The van der Waals surface area contributed by atoms with Gasteiger partial charge in [-0.05, 0) is 88.1 Å². The molecule has 0 spiro atoms. The number of carbonyl (C=O) groups excluding carboxylic acids is 2. The summed E-state index contributed by atoms with van der Waals surface area (Å²) in [6, 6.07) is 11.7. The summed E-state index contributed by atoms with van der Waals surface area (Å²) in [6.45, 7) is 7.53. The Hall–Kier alpha value is -3.26. The Balaban J connectivity index is 1.07. The molecule has 0 saturated carbocycles. The number of carbonyl (C=O) groups is 2. The lowest BCUT2D eigenvalue weighted by molar-refractivity contribution is -0.144. The summed E-state index contributed by atoms with van der Waals surface area (Å²) in [7, 11) is 0. The molecule has 9 heteroatoms. The van der Waals surface area contributed by atoms with Gasteiger partial charge in [-0.1, -0.05) is 98.0 Å². The third-order valence-electron chi connectivity index (χ3n) is 9.42. The second-order valence-corrected chi connectivity index (χ2v) is 14.1. The van der Waals surface area contributed by atoms with E-state index in [9.17, 15) is 9.59 Å². The Kier molecular flexibility index (Phi) is 18.5. The first-order valence-corrected chi connectivity index (χ1v) is 19.8. The van der Waals surface area contributed by atoms with Gasteiger partial charge >= 0.3 is 5.97 Å². The van der Waals surface area contributed by atoms with E-state index in [0.29, 0.717) is 35.9 Å². The first kappa shape index (κ1) is 40.5. The maximum Gasteiger partial charge on any atom is 0.307 e. The van der Waals surface area contributed by atoms with Crippen LogP contribution in [0.4, 0.5) is 11.4 Å². The number of hydrogen-bond acceptors (Lipinski definition) is 6. The number of unbranched alkanes of at least 4 members (excludes halogenated alkanes) is 6. The van der Waals surface area contributed by atoms with Crippen molar-refractivity contribution in [3.8, 4) is 5.75 Å². The fourth-order valence-electron chi connectivity index (χ4n) is 6.42. The van der Waals surface area contributed by atoms with Crippen LogP contribution in [-0.4, -0.2) is 62.8 Å². The standard InChI is InChI=1S/C42H57Cl2N3O4/c1-2-3-4-5-6-7-8-9-10-11-12-13-14-15-16-22-41(49)51-34-47-39-33-36(25-23-35(39)24-26-40(47)48)50-32-18-17-27-45-28-30-46(31-29-45)38-21-19-20-37(43)42(38)44/h3-4,6-7,9-10,19-21,23,25,33H,2,5,8,11-18,22,24,26-32,34H2,1H3. The summed E-state index contributed by atoms with van der Waals surface area (Å²) in [6.07, 6.45) is 26.3. The van der Waals surface area contributed by atoms with E-state index < -0.39 is 0 Å². The molecule has 0 unspecified atom stereocenters. The predicted octanol–water partition coefficient (Wildman–Crippen LogP) is 10.3. The summed E-state index contributed by atoms with van der Waals surface area (Å²) < 4.78 is 11.7. The van der Waals surface area contributed by atoms with Gasteiger partial charge in [0.15, 0.2) is 6.73 Å². The van der Waals surface area contributed by atoms with Crippen LogP contribution in [0.25, 0.3) is 0 Å². The number of esters is 1. The highest BCUT2D eigenvalue weighted by Crippen LogP contribution is 2.33. The van der Waals surface area contributed by atoms with Crippen molar-refractivity contribution in [2.24, 2.45) is 0 Å². The third-order valence-corrected chi connectivity index (χ3v) is 10.2. The van der Waals surface area contributed by atoms with E-state index in [1.807, 2.05) is 36.4 Å². The minimum absolute atomic E-state index is 0.0284. The number of anilines is 2. The molecule has 0 bridgehead atoms. The lowest BCUT2D eigenvalue weighted by Crippen LogP contribution is -2.46. The number of hydrogen-bond donors (Lipinski definition) is 0. The zero-order chi connectivity index (χ0) is 36.1. The minimum atomic E-state index is -0.252. The third kappa shape index (κ3) is 14.4. The molecule has 2 aliphatic heterocycles. The second kappa shape index (κ2) is 23.3. The van der Waals surface area contributed by atoms with Gasteiger partial charge in [0.2, 0.25) is 5.91 Å². The van der Waals surface area contributed by atoms with Gasteiger partial charge < -0.3 is 14.4 Å². The van der Waals surface area contributed by atoms with Gasteiger partial charge in [-0.15, -0.1) is 0 Å². The van der Waals surface area contributed by atoms with Crippen molar-refractivity contribution in [2.75, 3.05) is 55.9 Å². The Morgan fingerprint density at radius 1 is 0.804 bits per heavy atom. The molecule has 1 amide bonds. The fourth-order valence-corrected chi connectivity index (χ4v) is 6.84. The van der Waals surface area contributed by atoms with Gasteiger partial charge in [-0.3, -0.25) is 19.4 Å². The lowest BCUT2D eigenvalue weighted by atomic mass is 10.0. The molecule has 0 atom stereocenters. The molecular formula is C42H57Cl2N3O4. The summed E-state index contributed by atoms with van der Waals surface area (Å²) in [5.74, 6) is 0.451. The molecule has 0 N–H and O–H groups in total. The quantitative estimate of drug-likeness (QED) is 0.0681. The van der Waals surface area contributed by atoms with E-state index in [4.69, 9.17) is 32.7 Å². The number of aryl methyl sites for hydroxylation is 1. The highest BCUT2D eigenvalue weighted by atomic mass is 35.5. The van der Waals surface area contributed by atoms with Crippen LogP contribution in [0.3, 0.4) is 0 Å². The molecule has 0 aliphatic carbocycles. The van der Waals surface area contributed by atoms with Crippen LogP contribution in [0.5, 0.6) is 5.75 Å². The van der Waals surface area contributed by atoms with Gasteiger partial charge in [-0.25, -0.2) is 0 Å². The number of amides is 1. The van der Waals surface area contributed by atoms with E-state index in [1.54, 1.807) is 4.90 Å². The Morgan fingerprint density at radius 3 is 2.35 bits per heavy atom. The number of nitrogens with zero attached hydrogens (tertiary/aromatic N) is 3.